The Bertz CT molecular complexity index is 1420. The second-order valence-electron chi connectivity index (χ2n) is 8.86. The van der Waals surface area contributed by atoms with Crippen molar-refractivity contribution in [1.82, 2.24) is 14.9 Å². The molecule has 0 saturated carbocycles. The second kappa shape index (κ2) is 9.67. The van der Waals surface area contributed by atoms with Crippen molar-refractivity contribution in [3.05, 3.63) is 64.2 Å². The van der Waals surface area contributed by atoms with Gasteiger partial charge < -0.3 is 9.84 Å². The van der Waals surface area contributed by atoms with E-state index in [1.807, 2.05) is 6.92 Å². The van der Waals surface area contributed by atoms with Crippen molar-refractivity contribution in [3.63, 3.8) is 0 Å². The fourth-order valence-corrected chi connectivity index (χ4v) is 5.59. The van der Waals surface area contributed by atoms with E-state index in [2.05, 4.69) is 20.2 Å². The molecule has 37 heavy (non-hydrogen) atoms. The maximum Gasteiger partial charge on any atom is 0.445 e. The number of nitrogens with zero attached hydrogens (tertiary/aromatic N) is 2. The normalized spacial score (nSPS) is 19.1. The van der Waals surface area contributed by atoms with Crippen molar-refractivity contribution in [3.8, 4) is 5.75 Å². The van der Waals surface area contributed by atoms with Gasteiger partial charge in [0.15, 0.2) is 0 Å². The number of hydrogen-bond acceptors (Lipinski definition) is 8. The molecule has 0 aliphatic carbocycles. The van der Waals surface area contributed by atoms with E-state index in [1.54, 1.807) is 26.0 Å². The molecule has 1 aliphatic rings. The number of aryl methyl sites for hydroxylation is 1. The highest BCUT2D eigenvalue weighted by Crippen LogP contribution is 2.41. The Hall–Kier alpha value is -3.07. The fraction of sp³-hybridized carbons (Fsp3) is 0.348. The third-order valence-electron chi connectivity index (χ3n) is 5.82. The summed E-state index contributed by atoms with van der Waals surface area (Å²) >= 11 is 0.165. The van der Waals surface area contributed by atoms with Gasteiger partial charge in [-0.2, -0.15) is 13.2 Å². The first-order valence-corrected chi connectivity index (χ1v) is 13.4. The van der Waals surface area contributed by atoms with Crippen LogP contribution in [0.25, 0.3) is 0 Å². The fourth-order valence-electron chi connectivity index (χ4n) is 3.77. The molecule has 1 aromatic heterocycles. The van der Waals surface area contributed by atoms with Crippen LogP contribution in [0.1, 0.15) is 53.3 Å². The zero-order valence-corrected chi connectivity index (χ0v) is 21.5. The highest BCUT2D eigenvalue weighted by molar-refractivity contribution is 7.89. The van der Waals surface area contributed by atoms with Crippen molar-refractivity contribution in [2.75, 3.05) is 5.32 Å². The third kappa shape index (κ3) is 5.61. The highest BCUT2D eigenvalue weighted by Gasteiger charge is 2.45. The number of fused-ring (bicyclic) bond motifs is 1. The van der Waals surface area contributed by atoms with Crippen LogP contribution in [0.15, 0.2) is 47.4 Å². The van der Waals surface area contributed by atoms with Gasteiger partial charge in [0.1, 0.15) is 17.5 Å². The van der Waals surface area contributed by atoms with E-state index in [9.17, 15) is 31.5 Å². The first-order chi connectivity index (χ1) is 17.2. The van der Waals surface area contributed by atoms with Crippen LogP contribution in [0.5, 0.6) is 5.75 Å². The van der Waals surface area contributed by atoms with Gasteiger partial charge in [0.05, 0.1) is 10.9 Å². The molecule has 0 spiro atoms. The molecular formula is C23H23F3N4O5S2. The predicted molar refractivity (Wildman–Crippen MR) is 129 cm³/mol. The predicted octanol–water partition coefficient (Wildman–Crippen LogP) is 3.92. The SMILES string of the molecule is CCc1ccc(S(=O)(=O)NC2c3cc(C(=O)Nc4nnc(C(F)(F)F)s4)ccc3OC(C)(C)C2O)cc1. The molecule has 3 aromatic rings. The molecule has 14 heteroatoms. The quantitative estimate of drug-likeness (QED) is 0.420. The van der Waals surface area contributed by atoms with Gasteiger partial charge in [0, 0.05) is 11.1 Å². The average molecular weight is 557 g/mol. The summed E-state index contributed by atoms with van der Waals surface area (Å²) in [6, 6.07) is 9.20. The van der Waals surface area contributed by atoms with Gasteiger partial charge in [-0.3, -0.25) is 10.1 Å². The molecule has 198 valence electrons. The molecule has 2 aromatic carbocycles. The molecule has 2 heterocycles. The lowest BCUT2D eigenvalue weighted by Gasteiger charge is -2.42. The smallest absolute Gasteiger partial charge is 0.445 e. The summed E-state index contributed by atoms with van der Waals surface area (Å²) in [4.78, 5) is 12.7. The monoisotopic (exact) mass is 556 g/mol. The van der Waals surface area contributed by atoms with E-state index in [4.69, 9.17) is 4.74 Å². The van der Waals surface area contributed by atoms with E-state index in [0.29, 0.717) is 0 Å². The minimum atomic E-state index is -4.70. The Kier molecular flexibility index (Phi) is 7.05. The molecule has 2 atom stereocenters. The summed E-state index contributed by atoms with van der Waals surface area (Å²) < 4.78 is 73.0. The number of halogens is 3. The van der Waals surface area contributed by atoms with Crippen molar-refractivity contribution in [1.29, 1.82) is 0 Å². The number of anilines is 1. The van der Waals surface area contributed by atoms with Crippen LogP contribution in [0.4, 0.5) is 18.3 Å². The highest BCUT2D eigenvalue weighted by atomic mass is 32.2. The summed E-state index contributed by atoms with van der Waals surface area (Å²) in [7, 11) is -4.09. The molecule has 0 bridgehead atoms. The van der Waals surface area contributed by atoms with Crippen molar-refractivity contribution in [2.45, 2.75) is 56.0 Å². The average Bonchev–Trinajstić information content (AvgIpc) is 3.31. The van der Waals surface area contributed by atoms with Crippen LogP contribution < -0.4 is 14.8 Å². The minimum Gasteiger partial charge on any atom is -0.485 e. The minimum absolute atomic E-state index is 0.00613. The van der Waals surface area contributed by atoms with Gasteiger partial charge >= 0.3 is 6.18 Å². The van der Waals surface area contributed by atoms with E-state index >= 15 is 0 Å². The van der Waals surface area contributed by atoms with Gasteiger partial charge in [0.25, 0.3) is 5.91 Å². The van der Waals surface area contributed by atoms with E-state index in [0.717, 1.165) is 12.0 Å². The Morgan fingerprint density at radius 1 is 1.16 bits per heavy atom. The van der Waals surface area contributed by atoms with Crippen molar-refractivity contribution < 1.29 is 36.2 Å². The molecular weight excluding hydrogens is 533 g/mol. The number of carbonyl (C=O) groups excluding carboxylic acids is 1. The summed E-state index contributed by atoms with van der Waals surface area (Å²) in [5.41, 5.74) is -0.0720. The van der Waals surface area contributed by atoms with Crippen LogP contribution >= 0.6 is 11.3 Å². The topological polar surface area (TPSA) is 131 Å². The molecule has 1 aliphatic heterocycles. The van der Waals surface area contributed by atoms with E-state index < -0.39 is 44.9 Å². The number of aromatic nitrogens is 2. The summed E-state index contributed by atoms with van der Waals surface area (Å²) in [5.74, 6) is -0.570. The van der Waals surface area contributed by atoms with Crippen molar-refractivity contribution >= 4 is 32.4 Å². The van der Waals surface area contributed by atoms with Gasteiger partial charge in [-0.25, -0.2) is 13.1 Å². The Balaban J connectivity index is 1.65. The molecule has 0 radical (unpaired) electrons. The number of benzene rings is 2. The standard InChI is InChI=1S/C23H23F3N4O5S2/c1-4-12-5-8-14(9-6-12)37(33,34)30-17-15-11-13(7-10-16(15)35-22(2,3)18(17)31)19(32)27-21-29-28-20(36-21)23(24,25)26/h5-11,17-18,30-31H,4H2,1-3H3,(H,27,29,32). The van der Waals surface area contributed by atoms with Gasteiger partial charge in [-0.1, -0.05) is 30.4 Å². The molecule has 9 nitrogen and oxygen atoms in total. The first kappa shape index (κ1) is 27.0. The summed E-state index contributed by atoms with van der Waals surface area (Å²) in [5, 5.41) is 18.0. The number of aliphatic hydroxyl groups is 1. The van der Waals surface area contributed by atoms with Gasteiger partial charge in [-0.15, -0.1) is 10.2 Å². The number of rotatable bonds is 6. The van der Waals surface area contributed by atoms with Gasteiger partial charge in [0.2, 0.25) is 20.2 Å². The lowest BCUT2D eigenvalue weighted by atomic mass is 9.86. The third-order valence-corrected chi connectivity index (χ3v) is 8.16. The number of ether oxygens (including phenoxy) is 1. The number of hydrogen-bond donors (Lipinski definition) is 3. The number of aliphatic hydroxyl groups excluding tert-OH is 1. The van der Waals surface area contributed by atoms with Crippen LogP contribution in [-0.4, -0.2) is 41.3 Å². The maximum absolute atomic E-state index is 13.2. The van der Waals surface area contributed by atoms with Gasteiger partial charge in [-0.05, 0) is 56.2 Å². The lowest BCUT2D eigenvalue weighted by Crippen LogP contribution is -2.53. The number of alkyl halides is 3. The molecule has 0 fully saturated rings. The second-order valence-corrected chi connectivity index (χ2v) is 11.6. The molecule has 1 amide bonds. The Labute approximate surface area is 214 Å². The van der Waals surface area contributed by atoms with E-state index in [-0.39, 0.29) is 38.2 Å². The number of sulfonamides is 1. The number of carbonyl (C=O) groups is 1. The van der Waals surface area contributed by atoms with Crippen molar-refractivity contribution in [2.24, 2.45) is 0 Å². The molecule has 3 N–H and O–H groups in total. The Morgan fingerprint density at radius 3 is 2.43 bits per heavy atom. The molecule has 2 unspecified atom stereocenters. The summed E-state index contributed by atoms with van der Waals surface area (Å²) in [6.45, 7) is 5.12. The van der Waals surface area contributed by atoms with Crippen LogP contribution in [0.2, 0.25) is 0 Å². The largest absolute Gasteiger partial charge is 0.485 e. The molecule has 0 saturated heterocycles. The number of amides is 1. The lowest BCUT2D eigenvalue weighted by molar-refractivity contribution is -0.138. The number of nitrogens with one attached hydrogen (secondary N) is 2. The van der Waals surface area contributed by atoms with Crippen LogP contribution in [-0.2, 0) is 22.6 Å². The van der Waals surface area contributed by atoms with Crippen LogP contribution in [0.3, 0.4) is 0 Å². The molecule has 4 rings (SSSR count). The van der Waals surface area contributed by atoms with E-state index in [1.165, 1.54) is 30.3 Å². The Morgan fingerprint density at radius 2 is 1.84 bits per heavy atom. The zero-order valence-electron chi connectivity index (χ0n) is 19.8. The summed E-state index contributed by atoms with van der Waals surface area (Å²) in [6.07, 6.45) is -5.32. The van der Waals surface area contributed by atoms with Crippen LogP contribution in [0, 0.1) is 0 Å². The first-order valence-electron chi connectivity index (χ1n) is 11.1. The zero-order chi connectivity index (χ0) is 27.2. The maximum atomic E-state index is 13.2.